The fourth-order valence-electron chi connectivity index (χ4n) is 1.83. The molecule has 104 valence electrons. The Morgan fingerprint density at radius 2 is 1.80 bits per heavy atom. The van der Waals surface area contributed by atoms with Crippen molar-refractivity contribution in [2.24, 2.45) is 4.99 Å². The van der Waals surface area contributed by atoms with Crippen LogP contribution in [0.1, 0.15) is 11.1 Å². The maximum absolute atomic E-state index is 9.63. The van der Waals surface area contributed by atoms with Gasteiger partial charge in [0.15, 0.2) is 11.5 Å². The van der Waals surface area contributed by atoms with E-state index >= 15 is 0 Å². The molecule has 0 saturated carbocycles. The Kier molecular flexibility index (Phi) is 4.60. The van der Waals surface area contributed by atoms with Crippen molar-refractivity contribution in [3.05, 3.63) is 53.6 Å². The van der Waals surface area contributed by atoms with Crippen LogP contribution in [0.25, 0.3) is 0 Å². The third-order valence-electron chi connectivity index (χ3n) is 2.89. The maximum Gasteiger partial charge on any atom is 0.161 e. The molecule has 0 aliphatic carbocycles. The van der Waals surface area contributed by atoms with E-state index in [2.05, 4.69) is 4.99 Å². The summed E-state index contributed by atoms with van der Waals surface area (Å²) < 4.78 is 10.4. The molecule has 0 spiro atoms. The van der Waals surface area contributed by atoms with Crippen molar-refractivity contribution in [2.45, 2.75) is 6.54 Å². The first-order chi connectivity index (χ1) is 9.74. The lowest BCUT2D eigenvalue weighted by molar-refractivity contribution is 0.354. The number of para-hydroxylation sites is 1. The van der Waals surface area contributed by atoms with Gasteiger partial charge in [0.1, 0.15) is 5.75 Å². The van der Waals surface area contributed by atoms with E-state index in [-0.39, 0.29) is 5.75 Å². The second-order valence-electron chi connectivity index (χ2n) is 4.22. The third kappa shape index (κ3) is 3.29. The van der Waals surface area contributed by atoms with Crippen molar-refractivity contribution in [3.8, 4) is 17.2 Å². The van der Waals surface area contributed by atoms with Crippen LogP contribution in [-0.4, -0.2) is 25.5 Å². The number of methoxy groups -OCH3 is 2. The lowest BCUT2D eigenvalue weighted by atomic mass is 10.2. The van der Waals surface area contributed by atoms with Gasteiger partial charge in [-0.15, -0.1) is 0 Å². The van der Waals surface area contributed by atoms with E-state index in [0.717, 1.165) is 5.56 Å². The van der Waals surface area contributed by atoms with Gasteiger partial charge in [0.05, 0.1) is 20.8 Å². The van der Waals surface area contributed by atoms with Crippen molar-refractivity contribution in [2.75, 3.05) is 14.2 Å². The van der Waals surface area contributed by atoms with Crippen molar-refractivity contribution in [3.63, 3.8) is 0 Å². The summed E-state index contributed by atoms with van der Waals surface area (Å²) in [7, 11) is 3.21. The number of hydrogen-bond donors (Lipinski definition) is 1. The van der Waals surface area contributed by atoms with Crippen molar-refractivity contribution in [1.82, 2.24) is 0 Å². The molecule has 20 heavy (non-hydrogen) atoms. The van der Waals surface area contributed by atoms with Gasteiger partial charge in [0.2, 0.25) is 0 Å². The summed E-state index contributed by atoms with van der Waals surface area (Å²) in [4.78, 5) is 4.32. The van der Waals surface area contributed by atoms with Gasteiger partial charge >= 0.3 is 0 Å². The summed E-state index contributed by atoms with van der Waals surface area (Å²) in [6, 6.07) is 12.8. The molecule has 0 bridgehead atoms. The fourth-order valence-corrected chi connectivity index (χ4v) is 1.83. The standard InChI is InChI=1S/C16H17NO3/c1-19-15-8-7-12(9-16(15)20-2)10-17-11-13-5-3-4-6-14(13)18/h3-9,11,18H,10H2,1-2H3. The molecule has 0 fully saturated rings. The van der Waals surface area contributed by atoms with Crippen LogP contribution in [0, 0.1) is 0 Å². The molecule has 0 heterocycles. The van der Waals surface area contributed by atoms with Gasteiger partial charge in [0.25, 0.3) is 0 Å². The van der Waals surface area contributed by atoms with Crippen LogP contribution in [0.4, 0.5) is 0 Å². The predicted octanol–water partition coefficient (Wildman–Crippen LogP) is 3.03. The molecular formula is C16H17NO3. The zero-order valence-corrected chi connectivity index (χ0v) is 11.5. The van der Waals surface area contributed by atoms with E-state index < -0.39 is 0 Å². The number of hydrogen-bond acceptors (Lipinski definition) is 4. The first kappa shape index (κ1) is 13.9. The molecule has 0 unspecified atom stereocenters. The van der Waals surface area contributed by atoms with Gasteiger partial charge in [-0.25, -0.2) is 0 Å². The van der Waals surface area contributed by atoms with Crippen LogP contribution < -0.4 is 9.47 Å². The van der Waals surface area contributed by atoms with Gasteiger partial charge in [-0.05, 0) is 29.8 Å². The molecule has 0 aliphatic rings. The average Bonchev–Trinajstić information content (AvgIpc) is 2.49. The van der Waals surface area contributed by atoms with Gasteiger partial charge in [-0.2, -0.15) is 0 Å². The molecule has 0 aliphatic heterocycles. The molecule has 2 aromatic carbocycles. The number of phenols is 1. The Morgan fingerprint density at radius 1 is 1.05 bits per heavy atom. The Morgan fingerprint density at radius 3 is 2.50 bits per heavy atom. The van der Waals surface area contributed by atoms with E-state index in [9.17, 15) is 5.11 Å². The molecule has 2 rings (SSSR count). The minimum Gasteiger partial charge on any atom is -0.507 e. The SMILES string of the molecule is COc1ccc(CN=Cc2ccccc2O)cc1OC. The smallest absolute Gasteiger partial charge is 0.161 e. The largest absolute Gasteiger partial charge is 0.507 e. The quantitative estimate of drug-likeness (QED) is 0.850. The molecule has 4 nitrogen and oxygen atoms in total. The summed E-state index contributed by atoms with van der Waals surface area (Å²) in [5, 5.41) is 9.63. The van der Waals surface area contributed by atoms with E-state index in [1.807, 2.05) is 30.3 Å². The van der Waals surface area contributed by atoms with Gasteiger partial charge < -0.3 is 14.6 Å². The minimum atomic E-state index is 0.226. The predicted molar refractivity (Wildman–Crippen MR) is 79.0 cm³/mol. The van der Waals surface area contributed by atoms with Crippen LogP contribution in [0.5, 0.6) is 17.2 Å². The van der Waals surface area contributed by atoms with E-state index in [1.54, 1.807) is 32.6 Å². The maximum atomic E-state index is 9.63. The van der Waals surface area contributed by atoms with Gasteiger partial charge in [-0.3, -0.25) is 4.99 Å². The van der Waals surface area contributed by atoms with Gasteiger partial charge in [0, 0.05) is 11.8 Å². The number of nitrogens with zero attached hydrogens (tertiary/aromatic N) is 1. The molecule has 4 heteroatoms. The number of ether oxygens (including phenoxy) is 2. The van der Waals surface area contributed by atoms with Crippen LogP contribution in [0.15, 0.2) is 47.5 Å². The topological polar surface area (TPSA) is 51.0 Å². The number of aromatic hydroxyl groups is 1. The number of phenolic OH excluding ortho intramolecular Hbond substituents is 1. The lowest BCUT2D eigenvalue weighted by Gasteiger charge is -2.08. The second-order valence-corrected chi connectivity index (χ2v) is 4.22. The number of benzene rings is 2. The third-order valence-corrected chi connectivity index (χ3v) is 2.89. The van der Waals surface area contributed by atoms with Crippen molar-refractivity contribution in [1.29, 1.82) is 0 Å². The van der Waals surface area contributed by atoms with Crippen LogP contribution in [-0.2, 0) is 6.54 Å². The van der Waals surface area contributed by atoms with E-state index in [0.29, 0.717) is 23.6 Å². The number of rotatable bonds is 5. The van der Waals surface area contributed by atoms with Crippen LogP contribution >= 0.6 is 0 Å². The second kappa shape index (κ2) is 6.61. The summed E-state index contributed by atoms with van der Waals surface area (Å²) >= 11 is 0. The zero-order valence-electron chi connectivity index (χ0n) is 11.5. The molecule has 2 aromatic rings. The summed E-state index contributed by atoms with van der Waals surface area (Å²) in [5.41, 5.74) is 1.71. The molecule has 0 amide bonds. The highest BCUT2D eigenvalue weighted by Crippen LogP contribution is 2.27. The Labute approximate surface area is 118 Å². The molecule has 0 radical (unpaired) electrons. The van der Waals surface area contributed by atoms with Crippen molar-refractivity contribution < 1.29 is 14.6 Å². The Hall–Kier alpha value is -2.49. The summed E-state index contributed by atoms with van der Waals surface area (Å²) in [6.45, 7) is 0.509. The monoisotopic (exact) mass is 271 g/mol. The Balaban J connectivity index is 2.09. The zero-order chi connectivity index (χ0) is 14.4. The highest BCUT2D eigenvalue weighted by Gasteiger charge is 2.03. The molecular weight excluding hydrogens is 254 g/mol. The fraction of sp³-hybridized carbons (Fsp3) is 0.188. The molecule has 1 N–H and O–H groups in total. The lowest BCUT2D eigenvalue weighted by Crippen LogP contribution is -1.92. The highest BCUT2D eigenvalue weighted by molar-refractivity contribution is 5.83. The number of aliphatic imine (C=N–C) groups is 1. The molecule has 0 saturated heterocycles. The van der Waals surface area contributed by atoms with E-state index in [4.69, 9.17) is 9.47 Å². The average molecular weight is 271 g/mol. The minimum absolute atomic E-state index is 0.226. The summed E-state index contributed by atoms with van der Waals surface area (Å²) in [5.74, 6) is 1.60. The van der Waals surface area contributed by atoms with E-state index in [1.165, 1.54) is 0 Å². The van der Waals surface area contributed by atoms with Crippen LogP contribution in [0.3, 0.4) is 0 Å². The first-order valence-corrected chi connectivity index (χ1v) is 6.23. The van der Waals surface area contributed by atoms with Gasteiger partial charge in [-0.1, -0.05) is 18.2 Å². The Bertz CT molecular complexity index is 608. The molecule has 0 atom stereocenters. The first-order valence-electron chi connectivity index (χ1n) is 6.23. The highest BCUT2D eigenvalue weighted by atomic mass is 16.5. The molecule has 0 aromatic heterocycles. The summed E-state index contributed by atoms with van der Waals surface area (Å²) in [6.07, 6.45) is 1.66. The normalized spacial score (nSPS) is 10.7. The van der Waals surface area contributed by atoms with Crippen molar-refractivity contribution >= 4 is 6.21 Å². The van der Waals surface area contributed by atoms with Crippen LogP contribution in [0.2, 0.25) is 0 Å².